The van der Waals surface area contributed by atoms with Crippen molar-refractivity contribution in [3.63, 3.8) is 0 Å². The van der Waals surface area contributed by atoms with Crippen molar-refractivity contribution in [1.29, 1.82) is 0 Å². The number of nitrogens with one attached hydrogen (secondary N) is 1. The smallest absolute Gasteiger partial charge is 0.0329 e. The van der Waals surface area contributed by atoms with Crippen molar-refractivity contribution in [2.45, 2.75) is 65.5 Å². The number of hydrogen-bond acceptors (Lipinski definition) is 2. The first-order valence-electron chi connectivity index (χ1n) is 7.08. The van der Waals surface area contributed by atoms with E-state index in [1.165, 1.54) is 38.9 Å². The van der Waals surface area contributed by atoms with Gasteiger partial charge in [-0.2, -0.15) is 0 Å². The fourth-order valence-corrected chi connectivity index (χ4v) is 2.92. The van der Waals surface area contributed by atoms with Crippen LogP contribution in [0.25, 0.3) is 0 Å². The second-order valence-corrected chi connectivity index (χ2v) is 5.61. The first-order chi connectivity index (χ1) is 7.59. The van der Waals surface area contributed by atoms with Gasteiger partial charge in [-0.15, -0.1) is 0 Å². The van der Waals surface area contributed by atoms with Crippen LogP contribution in [0.4, 0.5) is 0 Å². The Bertz CT molecular complexity index is 197. The lowest BCUT2D eigenvalue weighted by Crippen LogP contribution is -2.65. The Balaban J connectivity index is 2.73. The molecule has 1 fully saturated rings. The molecular weight excluding hydrogens is 196 g/mol. The minimum absolute atomic E-state index is 0.418. The van der Waals surface area contributed by atoms with E-state index < -0.39 is 0 Å². The summed E-state index contributed by atoms with van der Waals surface area (Å²) in [5.74, 6) is 0.742. The molecule has 0 radical (unpaired) electrons. The molecule has 0 saturated carbocycles. The molecule has 0 amide bonds. The molecule has 1 unspecified atom stereocenters. The molecule has 1 saturated heterocycles. The van der Waals surface area contributed by atoms with Crippen LogP contribution in [-0.4, -0.2) is 36.1 Å². The fourth-order valence-electron chi connectivity index (χ4n) is 2.92. The average molecular weight is 226 g/mol. The van der Waals surface area contributed by atoms with E-state index in [9.17, 15) is 0 Å². The van der Waals surface area contributed by atoms with Gasteiger partial charge in [0, 0.05) is 24.7 Å². The van der Waals surface area contributed by atoms with Crippen molar-refractivity contribution < 1.29 is 0 Å². The molecule has 1 rings (SSSR count). The molecule has 2 nitrogen and oxygen atoms in total. The van der Waals surface area contributed by atoms with Crippen molar-refractivity contribution in [3.05, 3.63) is 0 Å². The highest BCUT2D eigenvalue weighted by Gasteiger charge is 2.38. The van der Waals surface area contributed by atoms with E-state index in [0.717, 1.165) is 5.92 Å². The van der Waals surface area contributed by atoms with E-state index in [0.29, 0.717) is 11.6 Å². The Kier molecular flexibility index (Phi) is 5.26. The highest BCUT2D eigenvalue weighted by Crippen LogP contribution is 2.28. The Morgan fingerprint density at radius 3 is 2.31 bits per heavy atom. The van der Waals surface area contributed by atoms with Gasteiger partial charge in [-0.05, 0) is 31.7 Å². The van der Waals surface area contributed by atoms with Gasteiger partial charge >= 0.3 is 0 Å². The first-order valence-corrected chi connectivity index (χ1v) is 7.08. The molecule has 0 aromatic heterocycles. The Hall–Kier alpha value is -0.0800. The van der Waals surface area contributed by atoms with Crippen molar-refractivity contribution in [3.8, 4) is 0 Å². The molecule has 0 spiro atoms. The number of hydrogen-bond donors (Lipinski definition) is 1. The highest BCUT2D eigenvalue weighted by atomic mass is 15.3. The maximum atomic E-state index is 3.76. The maximum absolute atomic E-state index is 3.76. The largest absolute Gasteiger partial charge is 0.311 e. The van der Waals surface area contributed by atoms with E-state index in [2.05, 4.69) is 44.8 Å². The van der Waals surface area contributed by atoms with Crippen LogP contribution in [0.5, 0.6) is 0 Å². The molecule has 2 heteroatoms. The van der Waals surface area contributed by atoms with Crippen molar-refractivity contribution in [2.75, 3.05) is 19.6 Å². The molecule has 1 aliphatic heterocycles. The molecule has 0 aromatic rings. The van der Waals surface area contributed by atoms with Crippen LogP contribution in [-0.2, 0) is 0 Å². The SMILES string of the molecule is CCCN1CC(C(C)C)NCC1(CC)CC. The summed E-state index contributed by atoms with van der Waals surface area (Å²) in [5, 5.41) is 3.76. The van der Waals surface area contributed by atoms with Gasteiger partial charge in [0.1, 0.15) is 0 Å². The van der Waals surface area contributed by atoms with Crippen LogP contribution >= 0.6 is 0 Å². The van der Waals surface area contributed by atoms with Gasteiger partial charge in [0.15, 0.2) is 0 Å². The molecule has 0 aliphatic carbocycles. The van der Waals surface area contributed by atoms with Gasteiger partial charge < -0.3 is 5.32 Å². The predicted molar refractivity (Wildman–Crippen MR) is 71.8 cm³/mol. The third-order valence-corrected chi connectivity index (χ3v) is 4.40. The third-order valence-electron chi connectivity index (χ3n) is 4.40. The number of nitrogens with zero attached hydrogens (tertiary/aromatic N) is 1. The van der Waals surface area contributed by atoms with Crippen LogP contribution in [0.15, 0.2) is 0 Å². The van der Waals surface area contributed by atoms with Crippen molar-refractivity contribution >= 4 is 0 Å². The van der Waals surface area contributed by atoms with Gasteiger partial charge in [-0.1, -0.05) is 34.6 Å². The summed E-state index contributed by atoms with van der Waals surface area (Å²) in [7, 11) is 0. The van der Waals surface area contributed by atoms with Crippen LogP contribution in [0.3, 0.4) is 0 Å². The normalized spacial score (nSPS) is 26.2. The third kappa shape index (κ3) is 2.78. The summed E-state index contributed by atoms with van der Waals surface area (Å²) in [6.45, 7) is 15.3. The van der Waals surface area contributed by atoms with Crippen LogP contribution in [0.2, 0.25) is 0 Å². The zero-order valence-electron chi connectivity index (χ0n) is 11.8. The molecule has 0 bridgehead atoms. The summed E-state index contributed by atoms with van der Waals surface area (Å²) >= 11 is 0. The lowest BCUT2D eigenvalue weighted by molar-refractivity contribution is 0.0226. The van der Waals surface area contributed by atoms with Gasteiger partial charge in [0.2, 0.25) is 0 Å². The quantitative estimate of drug-likeness (QED) is 0.775. The standard InChI is InChI=1S/C14H30N2/c1-6-9-16-10-13(12(4)5)15-11-14(16,7-2)8-3/h12-13,15H,6-11H2,1-5H3. The van der Waals surface area contributed by atoms with Gasteiger partial charge in [0.05, 0.1) is 0 Å². The zero-order valence-corrected chi connectivity index (χ0v) is 11.8. The Labute approximate surface area is 102 Å². The summed E-state index contributed by atoms with van der Waals surface area (Å²) in [4.78, 5) is 2.74. The van der Waals surface area contributed by atoms with Gasteiger partial charge in [-0.25, -0.2) is 0 Å². The minimum Gasteiger partial charge on any atom is -0.311 e. The van der Waals surface area contributed by atoms with Crippen LogP contribution in [0, 0.1) is 5.92 Å². The second kappa shape index (κ2) is 6.02. The van der Waals surface area contributed by atoms with Gasteiger partial charge in [-0.3, -0.25) is 4.90 Å². The Morgan fingerprint density at radius 2 is 1.88 bits per heavy atom. The first kappa shape index (κ1) is 14.0. The molecule has 96 valence electrons. The second-order valence-electron chi connectivity index (χ2n) is 5.61. The minimum atomic E-state index is 0.418. The van der Waals surface area contributed by atoms with E-state index in [4.69, 9.17) is 0 Å². The van der Waals surface area contributed by atoms with Gasteiger partial charge in [0.25, 0.3) is 0 Å². The molecular formula is C14H30N2. The fraction of sp³-hybridized carbons (Fsp3) is 1.00. The molecule has 1 atom stereocenters. The lowest BCUT2D eigenvalue weighted by atomic mass is 9.85. The summed E-state index contributed by atoms with van der Waals surface area (Å²) in [6, 6.07) is 0.678. The molecule has 0 aromatic carbocycles. The van der Waals surface area contributed by atoms with E-state index >= 15 is 0 Å². The molecule has 1 N–H and O–H groups in total. The molecule has 16 heavy (non-hydrogen) atoms. The Morgan fingerprint density at radius 1 is 1.25 bits per heavy atom. The monoisotopic (exact) mass is 226 g/mol. The molecule has 1 aliphatic rings. The lowest BCUT2D eigenvalue weighted by Gasteiger charge is -2.50. The average Bonchev–Trinajstić information content (AvgIpc) is 2.29. The topological polar surface area (TPSA) is 15.3 Å². The summed E-state index contributed by atoms with van der Waals surface area (Å²) in [5.41, 5.74) is 0.418. The van der Waals surface area contributed by atoms with E-state index in [1.807, 2.05) is 0 Å². The summed E-state index contributed by atoms with van der Waals surface area (Å²) in [6.07, 6.45) is 3.80. The van der Waals surface area contributed by atoms with Crippen LogP contribution in [0.1, 0.15) is 53.9 Å². The highest BCUT2D eigenvalue weighted by molar-refractivity contribution is 4.97. The maximum Gasteiger partial charge on any atom is 0.0329 e. The van der Waals surface area contributed by atoms with Crippen molar-refractivity contribution in [1.82, 2.24) is 10.2 Å². The number of piperazine rings is 1. The molecule has 1 heterocycles. The van der Waals surface area contributed by atoms with E-state index in [1.54, 1.807) is 0 Å². The predicted octanol–water partition coefficient (Wildman–Crippen LogP) is 2.89. The number of rotatable bonds is 5. The zero-order chi connectivity index (χ0) is 12.2. The van der Waals surface area contributed by atoms with Crippen molar-refractivity contribution in [2.24, 2.45) is 5.92 Å². The van der Waals surface area contributed by atoms with Crippen LogP contribution < -0.4 is 5.32 Å². The van der Waals surface area contributed by atoms with E-state index in [-0.39, 0.29) is 0 Å². The summed E-state index contributed by atoms with van der Waals surface area (Å²) < 4.78 is 0.